The highest BCUT2D eigenvalue weighted by Crippen LogP contribution is 2.43. The predicted octanol–water partition coefficient (Wildman–Crippen LogP) is -1.73. The number of rotatable bonds is 12. The van der Waals surface area contributed by atoms with Crippen molar-refractivity contribution in [2.75, 3.05) is 13.2 Å². The Hall–Kier alpha value is -5.24. The third-order valence-corrected chi connectivity index (χ3v) is 10.7. The van der Waals surface area contributed by atoms with Gasteiger partial charge in [0.15, 0.2) is 29.3 Å². The van der Waals surface area contributed by atoms with Crippen molar-refractivity contribution in [3.8, 4) is 45.6 Å². The van der Waals surface area contributed by atoms with Crippen molar-refractivity contribution in [2.24, 2.45) is 0 Å². The van der Waals surface area contributed by atoms with Crippen molar-refractivity contribution in [2.45, 2.75) is 99.0 Å². The first kappa shape index (κ1) is 45.8. The number of fused-ring (bicyclic) bond motifs is 1. The maximum absolute atomic E-state index is 12.9. The summed E-state index contributed by atoms with van der Waals surface area (Å²) in [6.07, 6.45) is -22.0. The van der Waals surface area contributed by atoms with Gasteiger partial charge in [0.2, 0.25) is 18.7 Å². The Bertz CT molecular complexity index is 2230. The van der Waals surface area contributed by atoms with Crippen molar-refractivity contribution in [3.63, 3.8) is 0 Å². The van der Waals surface area contributed by atoms with E-state index in [1.165, 1.54) is 61.5 Å². The Morgan fingerprint density at radius 3 is 1.89 bits per heavy atom. The summed E-state index contributed by atoms with van der Waals surface area (Å²) in [5.41, 5.74) is 0.225. The van der Waals surface area contributed by atoms with Gasteiger partial charge in [0.25, 0.3) is 0 Å². The summed E-state index contributed by atoms with van der Waals surface area (Å²) in [6, 6.07) is 14.9. The molecule has 0 bridgehead atoms. The fourth-order valence-corrected chi connectivity index (χ4v) is 7.15. The van der Waals surface area contributed by atoms with Crippen molar-refractivity contribution in [1.29, 1.82) is 0 Å². The first-order chi connectivity index (χ1) is 30.0. The molecule has 3 saturated heterocycles. The van der Waals surface area contributed by atoms with Crippen molar-refractivity contribution in [3.05, 3.63) is 88.6 Å². The van der Waals surface area contributed by atoms with Gasteiger partial charge in [-0.05, 0) is 61.0 Å². The monoisotopic (exact) mass is 887 g/mol. The van der Waals surface area contributed by atoms with E-state index in [1.54, 1.807) is 12.1 Å². The van der Waals surface area contributed by atoms with E-state index < -0.39 is 117 Å². The van der Waals surface area contributed by atoms with Gasteiger partial charge in [-0.3, -0.25) is 4.79 Å². The first-order valence-electron chi connectivity index (χ1n) is 19.6. The summed E-state index contributed by atoms with van der Waals surface area (Å²) in [4.78, 5) is 23.2. The number of aliphatic hydroxyl groups is 9. The molecule has 3 fully saturated rings. The summed E-state index contributed by atoms with van der Waals surface area (Å²) in [5.74, 6) is -1.42. The fourth-order valence-electron chi connectivity index (χ4n) is 7.15. The van der Waals surface area contributed by atoms with Crippen LogP contribution in [-0.2, 0) is 23.7 Å². The molecule has 0 radical (unpaired) electrons. The fraction of sp³-hybridized carbons (Fsp3) is 0.429. The standard InChI is InChI=1S/C42H46O21/c1-17-38(63-29(47)11-4-18-2-7-20(44)8-3-18)34(52)37(55)40(57-17)56-16-28-31(49)33(51)36(54)42(62-28)60-26-14-23-24(58-39(26)19-5-9-21(45)10-6-19)12-22(46)13-25(23)59-41-35(53)32(50)30(48)27(15-43)61-41/h2-14,17,27-28,30-38,40-45,48-55H,15-16H2,1H3/p+1/t17-,27+,28+,30+,31+,32-,33-,34-,35+,36+,37+,38-,40+,41+,42+/m0/s1. The molecule has 15 atom stereocenters. The largest absolute Gasteiger partial charge is 0.510 e. The molecule has 21 heteroatoms. The zero-order chi connectivity index (χ0) is 45.3. The topological polar surface area (TPSA) is 339 Å². The summed E-state index contributed by atoms with van der Waals surface area (Å²) < 4.78 is 46.2. The van der Waals surface area contributed by atoms with Crippen LogP contribution in [0.1, 0.15) is 12.5 Å². The number of hydrogen-bond donors (Lipinski definition) is 11. The van der Waals surface area contributed by atoms with Crippen LogP contribution in [0.3, 0.4) is 0 Å². The maximum Gasteiger partial charge on any atom is 0.510 e. The van der Waals surface area contributed by atoms with E-state index in [1.807, 2.05) is 0 Å². The van der Waals surface area contributed by atoms with E-state index in [0.717, 1.165) is 12.1 Å². The molecule has 1 aliphatic carbocycles. The molecule has 5 aliphatic rings. The van der Waals surface area contributed by atoms with Gasteiger partial charge >= 0.3 is 5.97 Å². The minimum Gasteiger partial charge on any atom is -0.508 e. The van der Waals surface area contributed by atoms with Crippen molar-refractivity contribution < 1.29 is 98.5 Å². The molecule has 7 rings (SSSR count). The zero-order valence-corrected chi connectivity index (χ0v) is 33.1. The predicted molar refractivity (Wildman–Crippen MR) is 212 cm³/mol. The van der Waals surface area contributed by atoms with Gasteiger partial charge in [-0.2, -0.15) is 0 Å². The number of benzene rings is 3. The van der Waals surface area contributed by atoms with E-state index in [-0.39, 0.29) is 45.6 Å². The number of aromatic hydroxyl groups is 2. The van der Waals surface area contributed by atoms with E-state index in [2.05, 4.69) is 0 Å². The molecule has 21 nitrogen and oxygen atoms in total. The summed E-state index contributed by atoms with van der Waals surface area (Å²) in [5, 5.41) is 115. The summed E-state index contributed by atoms with van der Waals surface area (Å²) in [6.45, 7) is 0.0897. The molecule has 12 N–H and O–H groups in total. The molecule has 4 heterocycles. The van der Waals surface area contributed by atoms with E-state index in [0.29, 0.717) is 5.56 Å². The Kier molecular flexibility index (Phi) is 14.0. The lowest BCUT2D eigenvalue weighted by atomic mass is 9.98. The Morgan fingerprint density at radius 1 is 0.683 bits per heavy atom. The molecule has 63 heavy (non-hydrogen) atoms. The lowest BCUT2D eigenvalue weighted by Crippen LogP contribution is -2.62. The molecule has 340 valence electrons. The van der Waals surface area contributed by atoms with Gasteiger partial charge in [0.1, 0.15) is 84.0 Å². The van der Waals surface area contributed by atoms with Crippen LogP contribution >= 0.6 is 0 Å². The third kappa shape index (κ3) is 9.95. The average molecular weight is 888 g/mol. The average Bonchev–Trinajstić information content (AvgIpc) is 3.26. The number of phenolic OH excluding ortho intramolecular Hbond substituents is 2. The summed E-state index contributed by atoms with van der Waals surface area (Å²) in [7, 11) is 0. The molecule has 0 aromatic heterocycles. The first-order valence-corrected chi connectivity index (χ1v) is 19.6. The van der Waals surface area contributed by atoms with Gasteiger partial charge in [-0.15, -0.1) is 0 Å². The van der Waals surface area contributed by atoms with Crippen LogP contribution in [0.2, 0.25) is 0 Å². The van der Waals surface area contributed by atoms with Crippen LogP contribution in [0, 0.1) is 0 Å². The Morgan fingerprint density at radius 2 is 1.25 bits per heavy atom. The lowest BCUT2D eigenvalue weighted by molar-refractivity contribution is -0.317. The number of phenols is 2. The van der Waals surface area contributed by atoms with Crippen LogP contribution < -0.4 is 14.9 Å². The molecule has 4 aliphatic heterocycles. The van der Waals surface area contributed by atoms with E-state index in [4.69, 9.17) is 37.6 Å². The highest BCUT2D eigenvalue weighted by molar-refractivity contribution is 5.88. The van der Waals surface area contributed by atoms with Crippen LogP contribution in [-0.4, -0.2) is 172 Å². The molecular formula is C42H47O21+. The van der Waals surface area contributed by atoms with Crippen LogP contribution in [0.25, 0.3) is 28.7 Å². The number of carbonyl (C=O) groups excluding carboxylic acids is 1. The van der Waals surface area contributed by atoms with Crippen molar-refractivity contribution >= 4 is 12.0 Å². The van der Waals surface area contributed by atoms with Crippen LogP contribution in [0.4, 0.5) is 0 Å². The van der Waals surface area contributed by atoms with Crippen LogP contribution in [0.15, 0.2) is 82.0 Å². The minimum absolute atomic E-state index is 0.00691. The highest BCUT2D eigenvalue weighted by Gasteiger charge is 2.51. The third-order valence-electron chi connectivity index (χ3n) is 10.7. The normalized spacial score (nSPS) is 33.6. The quantitative estimate of drug-likeness (QED) is 0.0428. The van der Waals surface area contributed by atoms with E-state index in [9.17, 15) is 65.8 Å². The smallest absolute Gasteiger partial charge is 0.508 e. The molecule has 2 aromatic carbocycles. The van der Waals surface area contributed by atoms with Gasteiger partial charge in [-0.25, -0.2) is 0 Å². The lowest BCUT2D eigenvalue weighted by Gasteiger charge is -2.42. The molecule has 0 unspecified atom stereocenters. The highest BCUT2D eigenvalue weighted by atomic mass is 16.7. The molecule has 0 amide bonds. The zero-order valence-electron chi connectivity index (χ0n) is 33.1. The van der Waals surface area contributed by atoms with E-state index >= 15 is 0 Å². The Balaban J connectivity index is 1.09. The Labute approximate surface area is 356 Å². The number of esters is 1. The van der Waals surface area contributed by atoms with Crippen molar-refractivity contribution in [1.82, 2.24) is 0 Å². The SMILES string of the molecule is C[C@@H]1O[C@@H](OC[C@H]2O[C@@H](Oc3cc4c(O[C@@H]5O[C@H](CO)[C@@H](O)[C@H](O)[C@H]5O)cc(=O)cc-4oc3-c3ccc(O)cc3)[C@H](O)[C@@H](O)[C@@H]2O)[C@H](O)[C@H](O)[C@H]1OC(=[OH+])C=Cc1ccc(O)cc1. The number of aliphatic hydroxyl groups excluding tert-OH is 9. The molecular weight excluding hydrogens is 840 g/mol. The second-order valence-electron chi connectivity index (χ2n) is 15.1. The van der Waals surface area contributed by atoms with Gasteiger partial charge < -0.3 is 98.5 Å². The molecule has 0 saturated carbocycles. The van der Waals surface area contributed by atoms with Gasteiger partial charge in [-0.1, -0.05) is 12.1 Å². The second-order valence-corrected chi connectivity index (χ2v) is 15.1. The molecule has 2 aromatic rings. The van der Waals surface area contributed by atoms with Gasteiger partial charge in [0, 0.05) is 17.7 Å². The number of hydrogen-bond acceptors (Lipinski definition) is 20. The summed E-state index contributed by atoms with van der Waals surface area (Å²) >= 11 is 0. The second kappa shape index (κ2) is 19.2. The van der Waals surface area contributed by atoms with Crippen LogP contribution in [0.5, 0.6) is 23.0 Å². The molecule has 0 spiro atoms. The number of ether oxygens (including phenoxy) is 7. The maximum atomic E-state index is 12.9. The van der Waals surface area contributed by atoms with Gasteiger partial charge in [0.05, 0.1) is 24.9 Å². The minimum atomic E-state index is -1.93.